The van der Waals surface area contributed by atoms with Gasteiger partial charge in [0.05, 0.1) is 0 Å². The maximum atomic E-state index is 9.98. The van der Waals surface area contributed by atoms with Gasteiger partial charge >= 0.3 is 0 Å². The molecule has 1 aromatic heterocycles. The van der Waals surface area contributed by atoms with Gasteiger partial charge in [-0.1, -0.05) is 60.3 Å². The molecule has 0 unspecified atom stereocenters. The summed E-state index contributed by atoms with van der Waals surface area (Å²) < 4.78 is 1.87. The summed E-state index contributed by atoms with van der Waals surface area (Å²) in [6.45, 7) is 0. The van der Waals surface area contributed by atoms with Gasteiger partial charge in [0.15, 0.2) is 5.82 Å². The van der Waals surface area contributed by atoms with E-state index in [2.05, 4.69) is 15.6 Å². The van der Waals surface area contributed by atoms with Crippen LogP contribution in [0.5, 0.6) is 5.75 Å². The molecule has 2 aromatic carbocycles. The van der Waals surface area contributed by atoms with Gasteiger partial charge in [-0.25, -0.2) is 4.68 Å². The van der Waals surface area contributed by atoms with Crippen LogP contribution >= 0.6 is 11.8 Å². The van der Waals surface area contributed by atoms with Crippen molar-refractivity contribution in [1.82, 2.24) is 14.9 Å². The summed E-state index contributed by atoms with van der Waals surface area (Å²) in [6.07, 6.45) is 0. The zero-order valence-corrected chi connectivity index (χ0v) is 11.8. The maximum Gasteiger partial charge on any atom is 0.212 e. The molecule has 0 fully saturated rings. The second-order valence-electron chi connectivity index (χ2n) is 4.69. The van der Waals surface area contributed by atoms with E-state index >= 15 is 0 Å². The number of hydrogen-bond donors (Lipinski definition) is 2. The van der Waals surface area contributed by atoms with Crippen molar-refractivity contribution in [2.75, 3.05) is 5.43 Å². The Labute approximate surface area is 125 Å². The number of aromatic hydroxyl groups is 1. The Morgan fingerprint density at radius 1 is 1.00 bits per heavy atom. The Balaban J connectivity index is 1.70. The summed E-state index contributed by atoms with van der Waals surface area (Å²) in [5, 5.41) is 19.1. The molecule has 4 rings (SSSR count). The monoisotopic (exact) mass is 296 g/mol. The fourth-order valence-electron chi connectivity index (χ4n) is 2.33. The van der Waals surface area contributed by atoms with Crippen LogP contribution in [0.3, 0.4) is 0 Å². The third kappa shape index (κ3) is 2.04. The Morgan fingerprint density at radius 2 is 1.76 bits per heavy atom. The summed E-state index contributed by atoms with van der Waals surface area (Å²) in [7, 11) is 0. The van der Waals surface area contributed by atoms with Crippen LogP contribution in [0, 0.1) is 0 Å². The number of aromatic nitrogens is 3. The smallest absolute Gasteiger partial charge is 0.212 e. The highest BCUT2D eigenvalue weighted by molar-refractivity contribution is 7.99. The first-order chi connectivity index (χ1) is 10.3. The van der Waals surface area contributed by atoms with Gasteiger partial charge in [-0.05, 0) is 6.07 Å². The van der Waals surface area contributed by atoms with Gasteiger partial charge in [-0.3, -0.25) is 0 Å². The second kappa shape index (κ2) is 4.82. The lowest BCUT2D eigenvalue weighted by molar-refractivity contribution is 0.468. The molecule has 0 amide bonds. The maximum absolute atomic E-state index is 9.98. The van der Waals surface area contributed by atoms with Crippen LogP contribution < -0.4 is 5.43 Å². The molecule has 2 heterocycles. The van der Waals surface area contributed by atoms with Crippen LogP contribution in [0.1, 0.15) is 10.9 Å². The van der Waals surface area contributed by atoms with Gasteiger partial charge in [0.1, 0.15) is 11.1 Å². The number of fused-ring (bicyclic) bond motifs is 1. The number of hydrogen-bond acceptors (Lipinski definition) is 5. The minimum atomic E-state index is -0.0702. The predicted molar refractivity (Wildman–Crippen MR) is 81.5 cm³/mol. The van der Waals surface area contributed by atoms with Gasteiger partial charge in [0.2, 0.25) is 5.16 Å². The van der Waals surface area contributed by atoms with Crippen LogP contribution in [-0.2, 0) is 0 Å². The molecule has 0 saturated heterocycles. The van der Waals surface area contributed by atoms with Crippen molar-refractivity contribution in [2.24, 2.45) is 0 Å². The number of rotatable bonds is 2. The molecule has 0 bridgehead atoms. The van der Waals surface area contributed by atoms with Crippen LogP contribution in [0.15, 0.2) is 59.8 Å². The topological polar surface area (TPSA) is 63.0 Å². The van der Waals surface area contributed by atoms with Gasteiger partial charge in [-0.2, -0.15) is 0 Å². The number of nitrogens with zero attached hydrogens (tertiary/aromatic N) is 3. The Morgan fingerprint density at radius 3 is 2.57 bits per heavy atom. The van der Waals surface area contributed by atoms with Gasteiger partial charge < -0.3 is 10.5 Å². The van der Waals surface area contributed by atoms with Crippen LogP contribution in [-0.4, -0.2) is 20.0 Å². The predicted octanol–water partition coefficient (Wildman–Crippen LogP) is 3.00. The van der Waals surface area contributed by atoms with Crippen LogP contribution in [0.2, 0.25) is 0 Å². The first-order valence-electron chi connectivity index (χ1n) is 6.55. The Hall–Kier alpha value is -2.47. The van der Waals surface area contributed by atoms with E-state index in [1.807, 2.05) is 53.2 Å². The lowest BCUT2D eigenvalue weighted by Crippen LogP contribution is -2.13. The van der Waals surface area contributed by atoms with E-state index in [0.717, 1.165) is 22.1 Å². The summed E-state index contributed by atoms with van der Waals surface area (Å²) in [5.41, 5.74) is 5.18. The zero-order chi connectivity index (χ0) is 14.2. The third-order valence-electron chi connectivity index (χ3n) is 3.35. The SMILES string of the molecule is Oc1ccccc1[C@H]1Nn2c(nnc2-c2ccccc2)S1. The van der Waals surface area contributed by atoms with E-state index in [0.29, 0.717) is 0 Å². The van der Waals surface area contributed by atoms with Crippen molar-refractivity contribution >= 4 is 11.8 Å². The summed E-state index contributed by atoms with van der Waals surface area (Å²) in [5.74, 6) is 1.05. The molecule has 1 atom stereocenters. The Kier molecular flexibility index (Phi) is 2.82. The molecular weight excluding hydrogens is 284 g/mol. The standard InChI is InChI=1S/C15H12N4OS/c20-12-9-5-4-8-11(12)14-18-19-13(16-17-15(19)21-14)10-6-2-1-3-7-10/h1-9,14,18,20H/t14-/m0/s1. The number of phenolic OH excluding ortho intramolecular Hbond substituents is 1. The normalized spacial score (nSPS) is 16.5. The quantitative estimate of drug-likeness (QED) is 0.761. The molecule has 5 nitrogen and oxygen atoms in total. The summed E-state index contributed by atoms with van der Waals surface area (Å²) >= 11 is 1.54. The average molecular weight is 296 g/mol. The average Bonchev–Trinajstić information content (AvgIpc) is 3.08. The molecule has 6 heteroatoms. The van der Waals surface area contributed by atoms with Crippen LogP contribution in [0.25, 0.3) is 11.4 Å². The van der Waals surface area contributed by atoms with Crippen LogP contribution in [0.4, 0.5) is 0 Å². The molecular formula is C15H12N4OS. The van der Waals surface area contributed by atoms with E-state index in [1.165, 1.54) is 11.8 Å². The van der Waals surface area contributed by atoms with E-state index in [-0.39, 0.29) is 11.1 Å². The highest BCUT2D eigenvalue weighted by atomic mass is 32.2. The molecule has 1 aliphatic heterocycles. The lowest BCUT2D eigenvalue weighted by atomic mass is 10.2. The lowest BCUT2D eigenvalue weighted by Gasteiger charge is -2.13. The molecule has 0 radical (unpaired) electrons. The molecule has 3 aromatic rings. The molecule has 1 aliphatic rings. The van der Waals surface area contributed by atoms with Crippen molar-refractivity contribution in [3.05, 3.63) is 60.2 Å². The number of para-hydroxylation sites is 1. The van der Waals surface area contributed by atoms with E-state index in [1.54, 1.807) is 6.07 Å². The summed E-state index contributed by atoms with van der Waals surface area (Å²) in [4.78, 5) is 0. The number of benzene rings is 2. The van der Waals surface area contributed by atoms with Gasteiger partial charge in [-0.15, -0.1) is 10.2 Å². The number of phenols is 1. The molecule has 104 valence electrons. The minimum absolute atomic E-state index is 0.0702. The van der Waals surface area contributed by atoms with E-state index < -0.39 is 0 Å². The highest BCUT2D eigenvalue weighted by Gasteiger charge is 2.29. The molecule has 0 aliphatic carbocycles. The van der Waals surface area contributed by atoms with Crippen molar-refractivity contribution in [3.8, 4) is 17.1 Å². The number of thioether (sulfide) groups is 1. The van der Waals surface area contributed by atoms with E-state index in [9.17, 15) is 5.11 Å². The van der Waals surface area contributed by atoms with Crippen molar-refractivity contribution in [1.29, 1.82) is 0 Å². The van der Waals surface area contributed by atoms with Crippen molar-refractivity contribution in [3.63, 3.8) is 0 Å². The van der Waals surface area contributed by atoms with Gasteiger partial charge in [0.25, 0.3) is 0 Å². The highest BCUT2D eigenvalue weighted by Crippen LogP contribution is 2.42. The number of nitrogens with one attached hydrogen (secondary N) is 1. The zero-order valence-electron chi connectivity index (χ0n) is 11.0. The fourth-order valence-corrected chi connectivity index (χ4v) is 3.36. The Bertz CT molecular complexity index is 787. The minimum Gasteiger partial charge on any atom is -0.508 e. The van der Waals surface area contributed by atoms with E-state index in [4.69, 9.17) is 0 Å². The van der Waals surface area contributed by atoms with Crippen molar-refractivity contribution < 1.29 is 5.11 Å². The van der Waals surface area contributed by atoms with Crippen molar-refractivity contribution in [2.45, 2.75) is 10.5 Å². The first kappa shape index (κ1) is 12.3. The largest absolute Gasteiger partial charge is 0.508 e. The fraction of sp³-hybridized carbons (Fsp3) is 0.0667. The molecule has 21 heavy (non-hydrogen) atoms. The molecule has 2 N–H and O–H groups in total. The second-order valence-corrected chi connectivity index (χ2v) is 5.77. The first-order valence-corrected chi connectivity index (χ1v) is 7.43. The molecule has 0 spiro atoms. The summed E-state index contributed by atoms with van der Waals surface area (Å²) in [6, 6.07) is 17.2. The third-order valence-corrected chi connectivity index (χ3v) is 4.42. The van der Waals surface area contributed by atoms with Gasteiger partial charge in [0, 0.05) is 11.1 Å². The molecule has 0 saturated carbocycles.